The van der Waals surface area contributed by atoms with Gasteiger partial charge in [0.25, 0.3) is 10.0 Å². The summed E-state index contributed by atoms with van der Waals surface area (Å²) in [5.41, 5.74) is 0.957. The van der Waals surface area contributed by atoms with Crippen molar-refractivity contribution in [1.82, 2.24) is 4.72 Å². The van der Waals surface area contributed by atoms with Gasteiger partial charge in [0.15, 0.2) is 0 Å². The molecule has 1 rings (SSSR count). The highest BCUT2D eigenvalue weighted by atomic mass is 32.2. The Balaban J connectivity index is 2.98. The first kappa shape index (κ1) is 11.5. The molecule has 79 valence electrons. The SMILES string of the molecule is C=CCc1ccc(S(=O)(=O)N[C]=O)cc1. The molecule has 5 heteroatoms. The van der Waals surface area contributed by atoms with Gasteiger partial charge in [-0.05, 0) is 24.1 Å². The molecular formula is C10H10NO3S. The van der Waals surface area contributed by atoms with Crippen LogP contribution in [0.2, 0.25) is 0 Å². The molecule has 0 saturated heterocycles. The maximum atomic E-state index is 11.3. The highest BCUT2D eigenvalue weighted by Gasteiger charge is 2.12. The zero-order chi connectivity index (χ0) is 11.3. The third kappa shape index (κ3) is 2.92. The lowest BCUT2D eigenvalue weighted by Gasteiger charge is -2.02. The minimum Gasteiger partial charge on any atom is -0.262 e. The van der Waals surface area contributed by atoms with E-state index in [1.165, 1.54) is 12.1 Å². The molecule has 0 aliphatic heterocycles. The van der Waals surface area contributed by atoms with Crippen LogP contribution in [0.25, 0.3) is 0 Å². The first-order valence-electron chi connectivity index (χ1n) is 4.19. The van der Waals surface area contributed by atoms with Crippen LogP contribution in [0, 0.1) is 0 Å². The summed E-state index contributed by atoms with van der Waals surface area (Å²) in [7, 11) is -3.74. The van der Waals surface area contributed by atoms with Gasteiger partial charge in [-0.25, -0.2) is 13.1 Å². The Morgan fingerprint density at radius 1 is 1.33 bits per heavy atom. The van der Waals surface area contributed by atoms with Gasteiger partial charge in [0.2, 0.25) is 0 Å². The van der Waals surface area contributed by atoms with Crippen molar-refractivity contribution in [3.63, 3.8) is 0 Å². The van der Waals surface area contributed by atoms with Crippen LogP contribution < -0.4 is 4.72 Å². The summed E-state index contributed by atoms with van der Waals surface area (Å²) < 4.78 is 24.3. The topological polar surface area (TPSA) is 63.2 Å². The third-order valence-corrected chi connectivity index (χ3v) is 3.03. The Bertz CT molecular complexity index is 448. The normalized spacial score (nSPS) is 10.7. The number of allylic oxidation sites excluding steroid dienone is 1. The molecule has 1 aromatic rings. The quantitative estimate of drug-likeness (QED) is 0.593. The number of sulfonamides is 1. The van der Waals surface area contributed by atoms with Crippen molar-refractivity contribution >= 4 is 16.4 Å². The first-order chi connectivity index (χ1) is 7.10. The first-order valence-corrected chi connectivity index (χ1v) is 5.67. The smallest absolute Gasteiger partial charge is 0.262 e. The molecule has 0 unspecified atom stereocenters. The second-order valence-corrected chi connectivity index (χ2v) is 4.53. The monoisotopic (exact) mass is 224 g/mol. The lowest BCUT2D eigenvalue weighted by Crippen LogP contribution is -2.21. The molecule has 1 N–H and O–H groups in total. The van der Waals surface area contributed by atoms with Gasteiger partial charge >= 0.3 is 6.41 Å². The number of nitrogens with one attached hydrogen (secondary N) is 1. The molecule has 1 radical (unpaired) electrons. The van der Waals surface area contributed by atoms with Crippen LogP contribution in [0.5, 0.6) is 0 Å². The Kier molecular flexibility index (Phi) is 3.62. The molecule has 0 saturated carbocycles. The standard InChI is InChI=1S/C10H10NO3S/c1-2-3-9-4-6-10(7-5-9)15(13,14)11-8-12/h2,4-7H,1,3H2,(H,11,12). The predicted octanol–water partition coefficient (Wildman–Crippen LogP) is 0.761. The van der Waals surface area contributed by atoms with E-state index in [-0.39, 0.29) is 4.90 Å². The Morgan fingerprint density at radius 3 is 2.40 bits per heavy atom. The highest BCUT2D eigenvalue weighted by molar-refractivity contribution is 7.90. The van der Waals surface area contributed by atoms with Crippen molar-refractivity contribution in [2.75, 3.05) is 0 Å². The molecule has 0 aromatic heterocycles. The van der Waals surface area contributed by atoms with Crippen molar-refractivity contribution in [3.05, 3.63) is 42.5 Å². The number of hydrogen-bond acceptors (Lipinski definition) is 3. The van der Waals surface area contributed by atoms with Gasteiger partial charge in [-0.2, -0.15) is 0 Å². The van der Waals surface area contributed by atoms with Crippen LogP contribution in [-0.2, 0) is 21.2 Å². The van der Waals surface area contributed by atoms with Gasteiger partial charge in [-0.3, -0.25) is 4.79 Å². The number of amides is 1. The summed E-state index contributed by atoms with van der Waals surface area (Å²) in [6.45, 7) is 3.57. The van der Waals surface area contributed by atoms with Gasteiger partial charge < -0.3 is 0 Å². The van der Waals surface area contributed by atoms with E-state index >= 15 is 0 Å². The highest BCUT2D eigenvalue weighted by Crippen LogP contribution is 2.10. The summed E-state index contributed by atoms with van der Waals surface area (Å²) in [5.74, 6) is 0. The molecular weight excluding hydrogens is 214 g/mol. The predicted molar refractivity (Wildman–Crippen MR) is 56.4 cm³/mol. The van der Waals surface area contributed by atoms with E-state index in [4.69, 9.17) is 0 Å². The lowest BCUT2D eigenvalue weighted by molar-refractivity contribution is 0.547. The van der Waals surface area contributed by atoms with Crippen LogP contribution >= 0.6 is 0 Å². The summed E-state index contributed by atoms with van der Waals surface area (Å²) in [5, 5.41) is 0. The number of hydrogen-bond donors (Lipinski definition) is 1. The van der Waals surface area contributed by atoms with Gasteiger partial charge in [0.05, 0.1) is 4.90 Å². The molecule has 4 nitrogen and oxygen atoms in total. The molecule has 15 heavy (non-hydrogen) atoms. The van der Waals surface area contributed by atoms with E-state index in [1.54, 1.807) is 22.9 Å². The molecule has 1 amide bonds. The third-order valence-electron chi connectivity index (χ3n) is 1.79. The molecule has 1 aromatic carbocycles. The zero-order valence-electron chi connectivity index (χ0n) is 7.93. The van der Waals surface area contributed by atoms with Crippen LogP contribution in [0.15, 0.2) is 41.8 Å². The number of rotatable bonds is 5. The van der Waals surface area contributed by atoms with E-state index in [2.05, 4.69) is 6.58 Å². The zero-order valence-corrected chi connectivity index (χ0v) is 8.75. The van der Waals surface area contributed by atoms with E-state index < -0.39 is 10.0 Å². The number of benzene rings is 1. The molecule has 0 aliphatic rings. The van der Waals surface area contributed by atoms with Gasteiger partial charge in [0.1, 0.15) is 0 Å². The maximum Gasteiger partial charge on any atom is 0.324 e. The van der Waals surface area contributed by atoms with Crippen molar-refractivity contribution in [1.29, 1.82) is 0 Å². The van der Waals surface area contributed by atoms with Crippen molar-refractivity contribution < 1.29 is 13.2 Å². The molecule has 0 heterocycles. The van der Waals surface area contributed by atoms with Gasteiger partial charge in [0, 0.05) is 0 Å². The van der Waals surface area contributed by atoms with E-state index in [0.29, 0.717) is 6.42 Å². The second kappa shape index (κ2) is 4.75. The Labute approximate surface area is 88.7 Å². The van der Waals surface area contributed by atoms with Crippen LogP contribution in [-0.4, -0.2) is 14.8 Å². The van der Waals surface area contributed by atoms with Crippen LogP contribution in [0.4, 0.5) is 0 Å². The Morgan fingerprint density at radius 2 is 1.93 bits per heavy atom. The van der Waals surface area contributed by atoms with E-state index in [0.717, 1.165) is 12.0 Å². The van der Waals surface area contributed by atoms with Crippen LogP contribution in [0.3, 0.4) is 0 Å². The molecule has 0 aliphatic carbocycles. The summed E-state index contributed by atoms with van der Waals surface area (Å²) >= 11 is 0. The van der Waals surface area contributed by atoms with E-state index in [1.807, 2.05) is 0 Å². The maximum absolute atomic E-state index is 11.3. The second-order valence-electron chi connectivity index (χ2n) is 2.84. The lowest BCUT2D eigenvalue weighted by atomic mass is 10.2. The van der Waals surface area contributed by atoms with E-state index in [9.17, 15) is 13.2 Å². The largest absolute Gasteiger partial charge is 0.324 e. The summed E-state index contributed by atoms with van der Waals surface area (Å²) in [4.78, 5) is 9.98. The molecule has 0 spiro atoms. The Hall–Kier alpha value is -1.62. The number of carbonyl (C=O) groups excluding carboxylic acids is 1. The van der Waals surface area contributed by atoms with Crippen molar-refractivity contribution in [2.45, 2.75) is 11.3 Å². The minimum absolute atomic E-state index is 0.0404. The van der Waals surface area contributed by atoms with Gasteiger partial charge in [-0.15, -0.1) is 6.58 Å². The average molecular weight is 224 g/mol. The fraction of sp³-hybridized carbons (Fsp3) is 0.100. The fourth-order valence-corrected chi connectivity index (χ4v) is 1.81. The van der Waals surface area contributed by atoms with Crippen LogP contribution in [0.1, 0.15) is 5.56 Å². The minimum atomic E-state index is -3.74. The van der Waals surface area contributed by atoms with Gasteiger partial charge in [-0.1, -0.05) is 18.2 Å². The average Bonchev–Trinajstić information content (AvgIpc) is 2.19. The molecule has 0 bridgehead atoms. The van der Waals surface area contributed by atoms with Crippen molar-refractivity contribution in [3.8, 4) is 0 Å². The summed E-state index contributed by atoms with van der Waals surface area (Å²) in [6.07, 6.45) is 3.54. The van der Waals surface area contributed by atoms with Crippen molar-refractivity contribution in [2.24, 2.45) is 0 Å². The molecule has 0 fully saturated rings. The summed E-state index contributed by atoms with van der Waals surface area (Å²) in [6, 6.07) is 6.19. The fourth-order valence-electron chi connectivity index (χ4n) is 1.09. The molecule has 0 atom stereocenters.